The zero-order valence-corrected chi connectivity index (χ0v) is 22.6. The Hall–Kier alpha value is -5.82. The van der Waals surface area contributed by atoms with Gasteiger partial charge in [-0.1, -0.05) is 12.1 Å². The van der Waals surface area contributed by atoms with Gasteiger partial charge in [0, 0.05) is 35.5 Å². The molecule has 204 valence electrons. The third-order valence-electron chi connectivity index (χ3n) is 6.27. The summed E-state index contributed by atoms with van der Waals surface area (Å²) in [6, 6.07) is 23.5. The van der Waals surface area contributed by atoms with Crippen LogP contribution in [0.15, 0.2) is 85.2 Å². The number of hydrogen-bond donors (Lipinski definition) is 3. The highest BCUT2D eigenvalue weighted by Crippen LogP contribution is 2.33. The number of nitriles is 1. The maximum absolute atomic E-state index is 13.0. The molecule has 41 heavy (non-hydrogen) atoms. The SMILES string of the molecule is COc1cccc(Oc2ccc(Nc3c(C#N)cnn4cc(NC(=O)c5cccc(NC(C)=O)c5)c(C)c34)cc2)c1. The van der Waals surface area contributed by atoms with Crippen LogP contribution in [0.3, 0.4) is 0 Å². The molecule has 0 radical (unpaired) electrons. The van der Waals surface area contributed by atoms with Crippen LogP contribution in [0, 0.1) is 18.3 Å². The summed E-state index contributed by atoms with van der Waals surface area (Å²) in [6.07, 6.45) is 3.16. The number of hydrogen-bond acceptors (Lipinski definition) is 7. The summed E-state index contributed by atoms with van der Waals surface area (Å²) in [5, 5.41) is 23.1. The molecular formula is C31H26N6O4. The number of anilines is 4. The Morgan fingerprint density at radius 1 is 0.927 bits per heavy atom. The van der Waals surface area contributed by atoms with Crippen LogP contribution in [-0.4, -0.2) is 28.5 Å². The van der Waals surface area contributed by atoms with Gasteiger partial charge in [-0.2, -0.15) is 10.4 Å². The summed E-state index contributed by atoms with van der Waals surface area (Å²) in [4.78, 5) is 24.4. The second-order valence-corrected chi connectivity index (χ2v) is 9.15. The molecule has 5 rings (SSSR count). The van der Waals surface area contributed by atoms with Gasteiger partial charge in [-0.3, -0.25) is 9.59 Å². The van der Waals surface area contributed by atoms with Gasteiger partial charge >= 0.3 is 0 Å². The molecule has 10 nitrogen and oxygen atoms in total. The molecule has 0 bridgehead atoms. The van der Waals surface area contributed by atoms with Crippen molar-refractivity contribution < 1.29 is 19.1 Å². The first-order valence-electron chi connectivity index (χ1n) is 12.6. The Morgan fingerprint density at radius 2 is 1.68 bits per heavy atom. The number of methoxy groups -OCH3 is 1. The van der Waals surface area contributed by atoms with Crippen molar-refractivity contribution in [2.24, 2.45) is 0 Å². The second-order valence-electron chi connectivity index (χ2n) is 9.15. The van der Waals surface area contributed by atoms with E-state index < -0.39 is 0 Å². The molecule has 0 spiro atoms. The van der Waals surface area contributed by atoms with Crippen LogP contribution in [0.2, 0.25) is 0 Å². The molecule has 0 fully saturated rings. The molecule has 2 heterocycles. The maximum Gasteiger partial charge on any atom is 0.255 e. The van der Waals surface area contributed by atoms with Crippen LogP contribution >= 0.6 is 0 Å². The molecule has 3 N–H and O–H groups in total. The average molecular weight is 547 g/mol. The van der Waals surface area contributed by atoms with Crippen molar-refractivity contribution in [1.82, 2.24) is 9.61 Å². The van der Waals surface area contributed by atoms with E-state index in [1.807, 2.05) is 49.4 Å². The van der Waals surface area contributed by atoms with E-state index in [9.17, 15) is 14.9 Å². The van der Waals surface area contributed by atoms with E-state index in [1.54, 1.807) is 48.2 Å². The van der Waals surface area contributed by atoms with Gasteiger partial charge in [0.25, 0.3) is 5.91 Å². The van der Waals surface area contributed by atoms with Gasteiger partial charge in [-0.15, -0.1) is 0 Å². The van der Waals surface area contributed by atoms with E-state index in [-0.39, 0.29) is 11.8 Å². The number of nitrogens with zero attached hydrogens (tertiary/aromatic N) is 3. The first kappa shape index (κ1) is 26.8. The molecule has 0 aliphatic carbocycles. The molecular weight excluding hydrogens is 520 g/mol. The van der Waals surface area contributed by atoms with Crippen molar-refractivity contribution in [2.45, 2.75) is 13.8 Å². The second kappa shape index (κ2) is 11.5. The summed E-state index contributed by atoms with van der Waals surface area (Å²) in [6.45, 7) is 3.25. The fourth-order valence-corrected chi connectivity index (χ4v) is 4.31. The minimum absolute atomic E-state index is 0.226. The molecule has 10 heteroatoms. The lowest BCUT2D eigenvalue weighted by molar-refractivity contribution is -0.114. The van der Waals surface area contributed by atoms with E-state index in [0.717, 1.165) is 11.3 Å². The third-order valence-corrected chi connectivity index (χ3v) is 6.27. The molecule has 0 saturated carbocycles. The van der Waals surface area contributed by atoms with Crippen LogP contribution in [-0.2, 0) is 4.79 Å². The van der Waals surface area contributed by atoms with E-state index >= 15 is 0 Å². The number of aryl methyl sites for hydroxylation is 1. The number of carbonyl (C=O) groups is 2. The number of ether oxygens (including phenoxy) is 2. The van der Waals surface area contributed by atoms with Gasteiger partial charge < -0.3 is 25.4 Å². The average Bonchev–Trinajstić information content (AvgIpc) is 3.29. The fourth-order valence-electron chi connectivity index (χ4n) is 4.31. The van der Waals surface area contributed by atoms with Crippen LogP contribution in [0.4, 0.5) is 22.7 Å². The van der Waals surface area contributed by atoms with Crippen LogP contribution < -0.4 is 25.4 Å². The van der Waals surface area contributed by atoms with E-state index in [4.69, 9.17) is 9.47 Å². The first-order valence-corrected chi connectivity index (χ1v) is 12.6. The Balaban J connectivity index is 1.40. The monoisotopic (exact) mass is 546 g/mol. The zero-order valence-electron chi connectivity index (χ0n) is 22.6. The van der Waals surface area contributed by atoms with Gasteiger partial charge in [-0.05, 0) is 61.5 Å². The number of carbonyl (C=O) groups excluding carboxylic acids is 2. The topological polar surface area (TPSA) is 130 Å². The molecule has 0 unspecified atom stereocenters. The van der Waals surface area contributed by atoms with Gasteiger partial charge in [0.2, 0.25) is 5.91 Å². The number of benzene rings is 3. The maximum atomic E-state index is 13.0. The van der Waals surface area contributed by atoms with E-state index in [1.165, 1.54) is 13.1 Å². The largest absolute Gasteiger partial charge is 0.497 e. The Kier molecular flexibility index (Phi) is 7.52. The summed E-state index contributed by atoms with van der Waals surface area (Å²) >= 11 is 0. The van der Waals surface area contributed by atoms with Crippen molar-refractivity contribution in [3.63, 3.8) is 0 Å². The minimum atomic E-state index is -0.349. The van der Waals surface area contributed by atoms with E-state index in [2.05, 4.69) is 27.1 Å². The van der Waals surface area contributed by atoms with Crippen molar-refractivity contribution in [2.75, 3.05) is 23.1 Å². The van der Waals surface area contributed by atoms with Crippen molar-refractivity contribution in [3.05, 3.63) is 102 Å². The number of nitrogens with one attached hydrogen (secondary N) is 3. The summed E-state index contributed by atoms with van der Waals surface area (Å²) in [5.74, 6) is 1.40. The fraction of sp³-hybridized carbons (Fsp3) is 0.0968. The molecule has 0 aliphatic rings. The minimum Gasteiger partial charge on any atom is -0.497 e. The quantitative estimate of drug-likeness (QED) is 0.209. The number of aromatic nitrogens is 2. The van der Waals surface area contributed by atoms with Gasteiger partial charge in [0.1, 0.15) is 23.3 Å². The highest BCUT2D eigenvalue weighted by Gasteiger charge is 2.18. The molecule has 0 saturated heterocycles. The van der Waals surface area contributed by atoms with Gasteiger partial charge in [0.15, 0.2) is 0 Å². The lowest BCUT2D eigenvalue weighted by Crippen LogP contribution is -2.13. The van der Waals surface area contributed by atoms with Gasteiger partial charge in [-0.25, -0.2) is 4.52 Å². The van der Waals surface area contributed by atoms with Gasteiger partial charge in [0.05, 0.1) is 42.0 Å². The van der Waals surface area contributed by atoms with Crippen molar-refractivity contribution >= 4 is 40.1 Å². The summed E-state index contributed by atoms with van der Waals surface area (Å²) in [7, 11) is 1.60. The molecule has 5 aromatic rings. The lowest BCUT2D eigenvalue weighted by atomic mass is 10.1. The molecule has 2 aromatic heterocycles. The number of fused-ring (bicyclic) bond motifs is 1. The molecule has 2 amide bonds. The smallest absolute Gasteiger partial charge is 0.255 e. The highest BCUT2D eigenvalue weighted by atomic mass is 16.5. The third kappa shape index (κ3) is 5.94. The molecule has 0 atom stereocenters. The predicted molar refractivity (Wildman–Crippen MR) is 156 cm³/mol. The molecule has 3 aromatic carbocycles. The Bertz CT molecular complexity index is 1800. The zero-order chi connectivity index (χ0) is 28.9. The van der Waals surface area contributed by atoms with Crippen LogP contribution in [0.1, 0.15) is 28.4 Å². The highest BCUT2D eigenvalue weighted by molar-refractivity contribution is 6.06. The Labute approximate surface area is 236 Å². The first-order chi connectivity index (χ1) is 19.8. The van der Waals surface area contributed by atoms with Crippen molar-refractivity contribution in [3.8, 4) is 23.3 Å². The number of amides is 2. The van der Waals surface area contributed by atoms with Crippen LogP contribution in [0.25, 0.3) is 5.52 Å². The van der Waals surface area contributed by atoms with E-state index in [0.29, 0.717) is 51.0 Å². The normalized spacial score (nSPS) is 10.5. The predicted octanol–water partition coefficient (Wildman–Crippen LogP) is 6.27. The van der Waals surface area contributed by atoms with Crippen molar-refractivity contribution in [1.29, 1.82) is 5.26 Å². The van der Waals surface area contributed by atoms with Crippen LogP contribution in [0.5, 0.6) is 17.2 Å². The standard InChI is InChI=1S/C31H26N6O4/c1-19-28(36-31(39)21-6-4-7-24(14-21)34-20(2)38)18-37-30(19)29(22(16-32)17-33-37)35-23-10-12-25(13-11-23)41-27-9-5-8-26(15-27)40-3/h4-15,17-18,35H,1-3H3,(H,34,38)(H,36,39). The summed E-state index contributed by atoms with van der Waals surface area (Å²) in [5.41, 5.74) is 4.43. The Morgan fingerprint density at radius 3 is 2.41 bits per heavy atom. The number of rotatable bonds is 8. The molecule has 0 aliphatic heterocycles. The lowest BCUT2D eigenvalue weighted by Gasteiger charge is -2.12. The summed E-state index contributed by atoms with van der Waals surface area (Å²) < 4.78 is 12.8.